The Hall–Kier alpha value is -0.860. The first-order chi connectivity index (χ1) is 6.77. The molecule has 2 rings (SSSR count). The van der Waals surface area contributed by atoms with Gasteiger partial charge in [-0.25, -0.2) is 0 Å². The smallest absolute Gasteiger partial charge is 0.0679 e. The number of aliphatic hydroxyl groups excluding tert-OH is 1. The topological polar surface area (TPSA) is 23.5 Å². The van der Waals surface area contributed by atoms with Crippen molar-refractivity contribution in [1.82, 2.24) is 4.90 Å². The number of nitrogens with zero attached hydrogens (tertiary/aromatic N) is 1. The van der Waals surface area contributed by atoms with Crippen molar-refractivity contribution >= 4 is 0 Å². The fraction of sp³-hybridized carbons (Fsp3) is 0.500. The van der Waals surface area contributed by atoms with E-state index in [1.165, 1.54) is 5.56 Å². The zero-order chi connectivity index (χ0) is 9.97. The molecule has 14 heavy (non-hydrogen) atoms. The molecule has 1 aromatic rings. The highest BCUT2D eigenvalue weighted by Gasteiger charge is 2.24. The van der Waals surface area contributed by atoms with Crippen molar-refractivity contribution in [2.45, 2.75) is 25.5 Å². The Kier molecular flexibility index (Phi) is 2.85. The van der Waals surface area contributed by atoms with E-state index in [1.807, 2.05) is 6.07 Å². The summed E-state index contributed by atoms with van der Waals surface area (Å²) in [6, 6.07) is 10.9. The van der Waals surface area contributed by atoms with E-state index >= 15 is 0 Å². The predicted molar refractivity (Wildman–Crippen MR) is 57.1 cm³/mol. The maximum atomic E-state index is 9.45. The normalized spacial score (nSPS) is 25.1. The van der Waals surface area contributed by atoms with Crippen molar-refractivity contribution in [3.63, 3.8) is 0 Å². The van der Waals surface area contributed by atoms with Gasteiger partial charge in [-0.3, -0.25) is 4.90 Å². The molecule has 0 aromatic heterocycles. The molecular formula is C12H17NO. The molecule has 0 spiro atoms. The minimum atomic E-state index is -0.124. The van der Waals surface area contributed by atoms with Gasteiger partial charge in [0.2, 0.25) is 0 Å². The lowest BCUT2D eigenvalue weighted by Crippen LogP contribution is -2.25. The Morgan fingerprint density at radius 1 is 1.36 bits per heavy atom. The summed E-state index contributed by atoms with van der Waals surface area (Å²) in [5.41, 5.74) is 1.33. The Bertz CT molecular complexity index is 286. The van der Waals surface area contributed by atoms with E-state index in [9.17, 15) is 5.11 Å². The van der Waals surface area contributed by atoms with Gasteiger partial charge in [0.05, 0.1) is 6.10 Å². The highest BCUT2D eigenvalue weighted by molar-refractivity contribution is 5.18. The van der Waals surface area contributed by atoms with E-state index in [2.05, 4.69) is 36.1 Å². The molecule has 1 aliphatic heterocycles. The zero-order valence-electron chi connectivity index (χ0n) is 8.56. The standard InChI is InChI=1S/C12H17NO/c1-10(11-5-3-2-4-6-11)13-8-7-12(14)9-13/h2-6,10,12,14H,7-9H2,1H3/t10-,12+/m1/s1. The lowest BCUT2D eigenvalue weighted by Gasteiger charge is -2.24. The molecule has 1 aromatic carbocycles. The van der Waals surface area contributed by atoms with Crippen LogP contribution in [0.2, 0.25) is 0 Å². The van der Waals surface area contributed by atoms with Crippen LogP contribution in [0.15, 0.2) is 30.3 Å². The molecule has 0 saturated carbocycles. The van der Waals surface area contributed by atoms with Crippen molar-refractivity contribution in [3.05, 3.63) is 35.9 Å². The molecule has 1 heterocycles. The molecule has 0 unspecified atom stereocenters. The minimum Gasteiger partial charge on any atom is -0.392 e. The number of β-amino-alcohol motifs (C(OH)–C–C–N with tert-alkyl or cyclic N) is 1. The Balaban J connectivity index is 2.05. The van der Waals surface area contributed by atoms with Gasteiger partial charge in [0, 0.05) is 19.1 Å². The highest BCUT2D eigenvalue weighted by atomic mass is 16.3. The van der Waals surface area contributed by atoms with Crippen LogP contribution in [0.5, 0.6) is 0 Å². The fourth-order valence-electron chi connectivity index (χ4n) is 2.06. The van der Waals surface area contributed by atoms with Crippen LogP contribution in [0.25, 0.3) is 0 Å². The molecule has 0 bridgehead atoms. The van der Waals surface area contributed by atoms with Crippen molar-refractivity contribution in [2.75, 3.05) is 13.1 Å². The molecule has 2 atom stereocenters. The van der Waals surface area contributed by atoms with E-state index in [1.54, 1.807) is 0 Å². The van der Waals surface area contributed by atoms with Crippen LogP contribution in [0.4, 0.5) is 0 Å². The lowest BCUT2D eigenvalue weighted by molar-refractivity contribution is 0.163. The summed E-state index contributed by atoms with van der Waals surface area (Å²) in [6.07, 6.45) is 0.790. The summed E-state index contributed by atoms with van der Waals surface area (Å²) in [7, 11) is 0. The van der Waals surface area contributed by atoms with Crippen LogP contribution in [-0.4, -0.2) is 29.2 Å². The number of rotatable bonds is 2. The predicted octanol–water partition coefficient (Wildman–Crippen LogP) is 1.81. The monoisotopic (exact) mass is 191 g/mol. The molecular weight excluding hydrogens is 174 g/mol. The zero-order valence-corrected chi connectivity index (χ0v) is 8.56. The number of hydrogen-bond donors (Lipinski definition) is 1. The minimum absolute atomic E-state index is 0.124. The van der Waals surface area contributed by atoms with E-state index in [-0.39, 0.29) is 6.10 Å². The number of benzene rings is 1. The second-order valence-corrected chi connectivity index (χ2v) is 4.02. The molecule has 0 radical (unpaired) electrons. The van der Waals surface area contributed by atoms with Gasteiger partial charge in [0.25, 0.3) is 0 Å². The first-order valence-corrected chi connectivity index (χ1v) is 5.24. The Morgan fingerprint density at radius 3 is 2.64 bits per heavy atom. The molecule has 0 aliphatic carbocycles. The van der Waals surface area contributed by atoms with Crippen LogP contribution in [0.3, 0.4) is 0 Å². The van der Waals surface area contributed by atoms with E-state index in [0.29, 0.717) is 6.04 Å². The molecule has 2 nitrogen and oxygen atoms in total. The Morgan fingerprint density at radius 2 is 2.07 bits per heavy atom. The van der Waals surface area contributed by atoms with Gasteiger partial charge in [0.15, 0.2) is 0 Å². The maximum absolute atomic E-state index is 9.45. The van der Waals surface area contributed by atoms with Crippen LogP contribution in [-0.2, 0) is 0 Å². The average Bonchev–Trinajstić information content (AvgIpc) is 2.65. The van der Waals surface area contributed by atoms with Crippen molar-refractivity contribution in [2.24, 2.45) is 0 Å². The second-order valence-electron chi connectivity index (χ2n) is 4.02. The number of hydrogen-bond acceptors (Lipinski definition) is 2. The summed E-state index contributed by atoms with van der Waals surface area (Å²) >= 11 is 0. The van der Waals surface area contributed by atoms with E-state index < -0.39 is 0 Å². The Labute approximate surface area is 85.2 Å². The summed E-state index contributed by atoms with van der Waals surface area (Å²) in [6.45, 7) is 4.03. The third kappa shape index (κ3) is 1.97. The first-order valence-electron chi connectivity index (χ1n) is 5.24. The highest BCUT2D eigenvalue weighted by Crippen LogP contribution is 2.24. The fourth-order valence-corrected chi connectivity index (χ4v) is 2.06. The van der Waals surface area contributed by atoms with Crippen LogP contribution in [0, 0.1) is 0 Å². The second kappa shape index (κ2) is 4.11. The van der Waals surface area contributed by atoms with Gasteiger partial charge in [-0.15, -0.1) is 0 Å². The summed E-state index contributed by atoms with van der Waals surface area (Å²) < 4.78 is 0. The van der Waals surface area contributed by atoms with Gasteiger partial charge in [-0.1, -0.05) is 30.3 Å². The molecule has 1 fully saturated rings. The van der Waals surface area contributed by atoms with Gasteiger partial charge in [-0.2, -0.15) is 0 Å². The molecule has 2 heteroatoms. The van der Waals surface area contributed by atoms with Gasteiger partial charge in [0.1, 0.15) is 0 Å². The SMILES string of the molecule is C[C@H](c1ccccc1)N1CC[C@H](O)C1. The van der Waals surface area contributed by atoms with Crippen molar-refractivity contribution in [3.8, 4) is 0 Å². The van der Waals surface area contributed by atoms with E-state index in [0.717, 1.165) is 19.5 Å². The molecule has 1 saturated heterocycles. The quantitative estimate of drug-likeness (QED) is 0.770. The molecule has 1 aliphatic rings. The average molecular weight is 191 g/mol. The molecule has 1 N–H and O–H groups in total. The first kappa shape index (κ1) is 9.69. The van der Waals surface area contributed by atoms with Gasteiger partial charge < -0.3 is 5.11 Å². The third-order valence-electron chi connectivity index (χ3n) is 3.02. The van der Waals surface area contributed by atoms with Crippen LogP contribution >= 0.6 is 0 Å². The van der Waals surface area contributed by atoms with Crippen molar-refractivity contribution < 1.29 is 5.11 Å². The summed E-state index contributed by atoms with van der Waals surface area (Å²) in [5, 5.41) is 9.45. The maximum Gasteiger partial charge on any atom is 0.0679 e. The molecule has 0 amide bonds. The number of likely N-dealkylation sites (tertiary alicyclic amines) is 1. The van der Waals surface area contributed by atoms with Crippen LogP contribution < -0.4 is 0 Å². The molecule has 76 valence electrons. The van der Waals surface area contributed by atoms with Crippen LogP contribution in [0.1, 0.15) is 24.9 Å². The largest absolute Gasteiger partial charge is 0.392 e. The van der Waals surface area contributed by atoms with Gasteiger partial charge in [-0.05, 0) is 18.9 Å². The van der Waals surface area contributed by atoms with E-state index in [4.69, 9.17) is 0 Å². The number of aliphatic hydroxyl groups is 1. The van der Waals surface area contributed by atoms with Gasteiger partial charge >= 0.3 is 0 Å². The summed E-state index contributed by atoms with van der Waals surface area (Å²) in [4.78, 5) is 2.33. The third-order valence-corrected chi connectivity index (χ3v) is 3.02. The lowest BCUT2D eigenvalue weighted by atomic mass is 10.1. The van der Waals surface area contributed by atoms with Crippen molar-refractivity contribution in [1.29, 1.82) is 0 Å². The summed E-state index contributed by atoms with van der Waals surface area (Å²) in [5.74, 6) is 0.